The first-order chi connectivity index (χ1) is 12.1. The van der Waals surface area contributed by atoms with E-state index in [0.717, 1.165) is 11.3 Å². The minimum Gasteiger partial charge on any atom is -0.410 e. The van der Waals surface area contributed by atoms with Gasteiger partial charge in [0.25, 0.3) is 0 Å². The molecular weight excluding hydrogens is 318 g/mol. The Morgan fingerprint density at radius 1 is 1.20 bits per heavy atom. The summed E-state index contributed by atoms with van der Waals surface area (Å²) in [4.78, 5) is 30.1. The summed E-state index contributed by atoms with van der Waals surface area (Å²) in [6.45, 7) is 7.58. The average molecular weight is 333 g/mol. The van der Waals surface area contributed by atoms with Gasteiger partial charge < -0.3 is 10.1 Å². The minimum absolute atomic E-state index is 0.133. The molecule has 2 heterocycles. The molecule has 0 aliphatic carbocycles. The first kappa shape index (κ1) is 15.2. The van der Waals surface area contributed by atoms with Gasteiger partial charge >= 0.3 is 12.3 Å². The van der Waals surface area contributed by atoms with Gasteiger partial charge in [0.05, 0.1) is 13.0 Å². The van der Waals surface area contributed by atoms with E-state index in [-0.39, 0.29) is 18.9 Å². The Bertz CT molecular complexity index is 890. The molecule has 1 N–H and O–H groups in total. The molecule has 0 unspecified atom stereocenters. The fraction of sp³-hybridized carbons (Fsp3) is 0.211. The average Bonchev–Trinajstić information content (AvgIpc) is 3.16. The van der Waals surface area contributed by atoms with Gasteiger partial charge in [0.15, 0.2) is 0 Å². The van der Waals surface area contributed by atoms with Gasteiger partial charge in [-0.3, -0.25) is 9.64 Å². The van der Waals surface area contributed by atoms with E-state index < -0.39 is 17.7 Å². The first-order valence-corrected chi connectivity index (χ1v) is 7.95. The van der Waals surface area contributed by atoms with Crippen molar-refractivity contribution in [3.63, 3.8) is 0 Å². The number of para-hydroxylation sites is 2. The molecule has 2 amide bonds. The number of fused-ring (bicyclic) bond motifs is 2. The molecule has 2 aliphatic rings. The zero-order chi connectivity index (χ0) is 17.4. The Balaban J connectivity index is 1.64. The van der Waals surface area contributed by atoms with Gasteiger partial charge in [0.1, 0.15) is 11.2 Å². The van der Waals surface area contributed by atoms with Crippen molar-refractivity contribution in [2.75, 3.05) is 11.9 Å². The number of likely N-dealkylation sites (tertiary alicyclic amines) is 1. The van der Waals surface area contributed by atoms with E-state index in [4.69, 9.17) is 11.3 Å². The number of hydrogen-bond acceptors (Lipinski definition) is 3. The van der Waals surface area contributed by atoms with Crippen LogP contribution < -0.4 is 10.1 Å². The lowest BCUT2D eigenvalue weighted by Gasteiger charge is -2.20. The van der Waals surface area contributed by atoms with E-state index in [1.54, 1.807) is 24.3 Å². The van der Waals surface area contributed by atoms with Crippen molar-refractivity contribution in [1.82, 2.24) is 4.90 Å². The largest absolute Gasteiger partial charge is 0.421 e. The predicted octanol–water partition coefficient (Wildman–Crippen LogP) is 3.03. The molecular formula is C19H15N3O3. The summed E-state index contributed by atoms with van der Waals surface area (Å²) in [6.07, 6.45) is -1.07. The van der Waals surface area contributed by atoms with Gasteiger partial charge in [-0.25, -0.2) is 16.3 Å². The smallest absolute Gasteiger partial charge is 0.410 e. The van der Waals surface area contributed by atoms with E-state index in [1.165, 1.54) is 4.90 Å². The van der Waals surface area contributed by atoms with Crippen molar-refractivity contribution in [3.8, 4) is 5.75 Å². The monoisotopic (exact) mass is 333 g/mol. The highest BCUT2D eigenvalue weighted by molar-refractivity contribution is 6.07. The molecule has 124 valence electrons. The van der Waals surface area contributed by atoms with E-state index in [0.29, 0.717) is 5.75 Å². The molecule has 1 spiro atoms. The maximum atomic E-state index is 12.7. The second-order valence-electron chi connectivity index (χ2n) is 6.20. The number of amides is 2. The fourth-order valence-electron chi connectivity index (χ4n) is 3.57. The van der Waals surface area contributed by atoms with Crippen molar-refractivity contribution >= 4 is 17.7 Å². The number of hydrogen-bond donors (Lipinski definition) is 1. The highest BCUT2D eigenvalue weighted by Gasteiger charge is 2.59. The second kappa shape index (κ2) is 5.64. The van der Waals surface area contributed by atoms with Crippen LogP contribution in [-0.4, -0.2) is 29.6 Å². The van der Waals surface area contributed by atoms with Crippen molar-refractivity contribution in [1.29, 1.82) is 0 Å². The van der Waals surface area contributed by atoms with Crippen LogP contribution >= 0.6 is 0 Å². The number of carbonyl (C=O) groups excluding carboxylic acids is 2. The van der Waals surface area contributed by atoms with E-state index in [1.807, 2.05) is 30.3 Å². The van der Waals surface area contributed by atoms with Crippen LogP contribution in [0.15, 0.2) is 54.6 Å². The van der Waals surface area contributed by atoms with E-state index in [9.17, 15) is 9.59 Å². The van der Waals surface area contributed by atoms with Crippen LogP contribution in [0.2, 0.25) is 0 Å². The van der Waals surface area contributed by atoms with Crippen LogP contribution in [0.4, 0.5) is 10.5 Å². The molecule has 2 aliphatic heterocycles. The summed E-state index contributed by atoms with van der Waals surface area (Å²) >= 11 is 0. The number of rotatable bonds is 1. The Morgan fingerprint density at radius 2 is 1.92 bits per heavy atom. The fourth-order valence-corrected chi connectivity index (χ4v) is 3.57. The molecule has 2 atom stereocenters. The third kappa shape index (κ3) is 2.32. The lowest BCUT2D eigenvalue weighted by atomic mass is 9.80. The van der Waals surface area contributed by atoms with Gasteiger partial charge in [0.2, 0.25) is 5.91 Å². The van der Waals surface area contributed by atoms with Crippen LogP contribution in [0, 0.1) is 6.57 Å². The highest BCUT2D eigenvalue weighted by atomic mass is 16.6. The number of benzene rings is 2. The van der Waals surface area contributed by atoms with Crippen LogP contribution in [0.3, 0.4) is 0 Å². The second-order valence-corrected chi connectivity index (χ2v) is 6.20. The number of nitrogens with one attached hydrogen (secondary N) is 1. The standard InChI is InChI=1S/C19H15N3O3/c1-20-16-11-19(14-9-5-6-10-15(14)21-17(19)23)12-22(16)18(24)25-13-7-3-2-4-8-13/h2-10,16H,11-12H2,(H,21,23)/t16-,19-/m0/s1. The summed E-state index contributed by atoms with van der Waals surface area (Å²) in [5.74, 6) is 0.241. The zero-order valence-corrected chi connectivity index (χ0v) is 13.3. The summed E-state index contributed by atoms with van der Waals surface area (Å²) in [5, 5.41) is 2.86. The van der Waals surface area contributed by atoms with E-state index >= 15 is 0 Å². The van der Waals surface area contributed by atoms with Gasteiger partial charge in [0, 0.05) is 5.69 Å². The summed E-state index contributed by atoms with van der Waals surface area (Å²) < 4.78 is 5.37. The number of nitrogens with zero attached hydrogens (tertiary/aromatic N) is 2. The maximum Gasteiger partial charge on any atom is 0.421 e. The molecule has 1 fully saturated rings. The van der Waals surface area contributed by atoms with Crippen molar-refractivity contribution in [2.45, 2.75) is 18.0 Å². The van der Waals surface area contributed by atoms with Gasteiger partial charge in [-0.1, -0.05) is 36.4 Å². The molecule has 4 rings (SSSR count). The summed E-state index contributed by atoms with van der Waals surface area (Å²) in [6, 6.07) is 16.1. The molecule has 1 saturated heterocycles. The van der Waals surface area contributed by atoms with Gasteiger partial charge in [-0.2, -0.15) is 0 Å². The molecule has 6 heteroatoms. The highest BCUT2D eigenvalue weighted by Crippen LogP contribution is 2.46. The lowest BCUT2D eigenvalue weighted by molar-refractivity contribution is -0.120. The molecule has 2 aromatic rings. The van der Waals surface area contributed by atoms with Crippen molar-refractivity contribution < 1.29 is 14.3 Å². The van der Waals surface area contributed by atoms with E-state index in [2.05, 4.69) is 10.2 Å². The minimum atomic E-state index is -0.887. The third-order valence-corrected chi connectivity index (χ3v) is 4.79. The summed E-state index contributed by atoms with van der Waals surface area (Å²) in [7, 11) is 0. The van der Waals surface area contributed by atoms with Crippen molar-refractivity contribution in [2.24, 2.45) is 0 Å². The SMILES string of the molecule is [C-]#[N+][C@@H]1C[C@@]2(CN1C(=O)Oc1ccccc1)C(=O)Nc1ccccc12. The molecule has 2 aromatic carbocycles. The molecule has 0 saturated carbocycles. The molecule has 6 nitrogen and oxygen atoms in total. The predicted molar refractivity (Wildman–Crippen MR) is 90.9 cm³/mol. The number of carbonyl (C=O) groups is 2. The number of ether oxygens (including phenoxy) is 1. The van der Waals surface area contributed by atoms with Crippen molar-refractivity contribution in [3.05, 3.63) is 71.6 Å². The molecule has 0 radical (unpaired) electrons. The van der Waals surface area contributed by atoms with Crippen LogP contribution in [0.1, 0.15) is 12.0 Å². The Kier molecular flexibility index (Phi) is 3.43. The first-order valence-electron chi connectivity index (χ1n) is 7.95. The topological polar surface area (TPSA) is 63.0 Å². The van der Waals surface area contributed by atoms with Gasteiger partial charge in [-0.15, -0.1) is 0 Å². The quantitative estimate of drug-likeness (QED) is 0.816. The molecule has 0 bridgehead atoms. The van der Waals surface area contributed by atoms with Crippen LogP contribution in [0.5, 0.6) is 5.75 Å². The maximum absolute atomic E-state index is 12.7. The number of anilines is 1. The molecule has 25 heavy (non-hydrogen) atoms. The van der Waals surface area contributed by atoms with Crippen LogP contribution in [0.25, 0.3) is 4.85 Å². The summed E-state index contributed by atoms with van der Waals surface area (Å²) in [5.41, 5.74) is 0.694. The lowest BCUT2D eigenvalue weighted by Crippen LogP contribution is -2.41. The van der Waals surface area contributed by atoms with Crippen LogP contribution in [-0.2, 0) is 10.2 Å². The Hall–Kier alpha value is -3.33. The van der Waals surface area contributed by atoms with Gasteiger partial charge in [-0.05, 0) is 23.8 Å². The normalized spacial score (nSPS) is 23.9. The Morgan fingerprint density at radius 3 is 2.68 bits per heavy atom. The Labute approximate surface area is 144 Å². The zero-order valence-electron chi connectivity index (χ0n) is 13.3. The third-order valence-electron chi connectivity index (χ3n) is 4.79. The molecule has 0 aromatic heterocycles.